The summed E-state index contributed by atoms with van der Waals surface area (Å²) in [5.74, 6) is 0.871. The number of halogens is 1. The van der Waals surface area contributed by atoms with Gasteiger partial charge in [-0.15, -0.1) is 0 Å². The number of hydrogen-bond donors (Lipinski definition) is 1. The molecule has 0 bridgehead atoms. The van der Waals surface area contributed by atoms with Crippen LogP contribution in [-0.2, 0) is 6.54 Å². The summed E-state index contributed by atoms with van der Waals surface area (Å²) in [5.41, 5.74) is 7.92. The molecule has 0 aromatic heterocycles. The van der Waals surface area contributed by atoms with Crippen molar-refractivity contribution in [1.29, 1.82) is 0 Å². The van der Waals surface area contributed by atoms with E-state index in [0.29, 0.717) is 6.04 Å². The molecule has 0 spiro atoms. The topological polar surface area (TPSA) is 29.3 Å². The molecule has 2 atom stereocenters. The minimum absolute atomic E-state index is 0.684. The van der Waals surface area contributed by atoms with Gasteiger partial charge in [0.2, 0.25) is 0 Å². The zero-order valence-corrected chi connectivity index (χ0v) is 12.2. The first kappa shape index (κ1) is 12.9. The number of nitrogen functional groups attached to an aromatic ring is 1. The molecule has 2 unspecified atom stereocenters. The molecule has 94 valence electrons. The summed E-state index contributed by atoms with van der Waals surface area (Å²) < 4.78 is 1.13. The lowest BCUT2D eigenvalue weighted by molar-refractivity contribution is 0.122. The van der Waals surface area contributed by atoms with Crippen molar-refractivity contribution < 1.29 is 0 Å². The molecule has 2 rings (SSSR count). The van der Waals surface area contributed by atoms with Gasteiger partial charge in [-0.3, -0.25) is 4.90 Å². The molecule has 1 aliphatic heterocycles. The van der Waals surface area contributed by atoms with Crippen LogP contribution in [0.3, 0.4) is 0 Å². The Kier molecular flexibility index (Phi) is 4.10. The van der Waals surface area contributed by atoms with Crippen molar-refractivity contribution in [2.75, 3.05) is 12.3 Å². The highest BCUT2D eigenvalue weighted by Crippen LogP contribution is 2.27. The first-order valence-corrected chi connectivity index (χ1v) is 7.13. The van der Waals surface area contributed by atoms with Crippen LogP contribution >= 0.6 is 15.9 Å². The van der Waals surface area contributed by atoms with Crippen LogP contribution in [-0.4, -0.2) is 17.5 Å². The first-order chi connectivity index (χ1) is 8.06. The highest BCUT2D eigenvalue weighted by atomic mass is 79.9. The fraction of sp³-hybridized carbons (Fsp3) is 0.571. The molecular formula is C14H21BrN2. The van der Waals surface area contributed by atoms with Gasteiger partial charge in [-0.05, 0) is 49.9 Å². The van der Waals surface area contributed by atoms with Gasteiger partial charge in [0.1, 0.15) is 0 Å². The number of likely N-dealkylation sites (tertiary alicyclic amines) is 1. The molecule has 1 aliphatic rings. The number of rotatable bonds is 2. The van der Waals surface area contributed by atoms with Gasteiger partial charge in [-0.1, -0.05) is 28.9 Å². The van der Waals surface area contributed by atoms with Crippen LogP contribution in [0, 0.1) is 5.92 Å². The van der Waals surface area contributed by atoms with E-state index < -0.39 is 0 Å². The Morgan fingerprint density at radius 1 is 1.41 bits per heavy atom. The summed E-state index contributed by atoms with van der Waals surface area (Å²) in [4.78, 5) is 2.57. The van der Waals surface area contributed by atoms with Crippen molar-refractivity contribution in [2.45, 2.75) is 39.3 Å². The van der Waals surface area contributed by atoms with E-state index in [-0.39, 0.29) is 0 Å². The van der Waals surface area contributed by atoms with Gasteiger partial charge in [0.25, 0.3) is 0 Å². The van der Waals surface area contributed by atoms with E-state index in [1.165, 1.54) is 24.9 Å². The van der Waals surface area contributed by atoms with Gasteiger partial charge in [0, 0.05) is 22.7 Å². The predicted octanol–water partition coefficient (Wildman–Crippen LogP) is 3.65. The summed E-state index contributed by atoms with van der Waals surface area (Å²) in [7, 11) is 0. The maximum atomic E-state index is 5.76. The second-order valence-electron chi connectivity index (χ2n) is 5.30. The van der Waals surface area contributed by atoms with E-state index in [0.717, 1.165) is 22.6 Å². The Morgan fingerprint density at radius 3 is 2.82 bits per heavy atom. The zero-order valence-electron chi connectivity index (χ0n) is 10.6. The molecule has 2 N–H and O–H groups in total. The van der Waals surface area contributed by atoms with Gasteiger partial charge < -0.3 is 5.73 Å². The average molecular weight is 297 g/mol. The average Bonchev–Trinajstić information content (AvgIpc) is 2.25. The van der Waals surface area contributed by atoms with Crippen LogP contribution in [0.1, 0.15) is 32.3 Å². The van der Waals surface area contributed by atoms with E-state index in [1.807, 2.05) is 12.1 Å². The third-order valence-electron chi connectivity index (χ3n) is 3.73. The summed E-state index contributed by atoms with van der Waals surface area (Å²) in [6, 6.07) is 6.79. The van der Waals surface area contributed by atoms with Gasteiger partial charge >= 0.3 is 0 Å². The van der Waals surface area contributed by atoms with Gasteiger partial charge in [-0.2, -0.15) is 0 Å². The highest BCUT2D eigenvalue weighted by Gasteiger charge is 2.23. The summed E-state index contributed by atoms with van der Waals surface area (Å²) in [6.07, 6.45) is 2.63. The van der Waals surface area contributed by atoms with Crippen molar-refractivity contribution in [1.82, 2.24) is 4.90 Å². The summed E-state index contributed by atoms with van der Waals surface area (Å²) >= 11 is 3.60. The Bertz CT molecular complexity index is 392. The molecule has 0 radical (unpaired) electrons. The zero-order chi connectivity index (χ0) is 12.4. The van der Waals surface area contributed by atoms with Crippen molar-refractivity contribution in [3.63, 3.8) is 0 Å². The third-order valence-corrected chi connectivity index (χ3v) is 4.46. The molecular weight excluding hydrogens is 276 g/mol. The van der Waals surface area contributed by atoms with Crippen LogP contribution in [0.15, 0.2) is 22.7 Å². The Hall–Kier alpha value is -0.540. The molecule has 0 saturated carbocycles. The third kappa shape index (κ3) is 3.23. The Labute approximate surface area is 112 Å². The first-order valence-electron chi connectivity index (χ1n) is 6.34. The molecule has 17 heavy (non-hydrogen) atoms. The number of benzene rings is 1. The smallest absolute Gasteiger partial charge is 0.0325 e. The van der Waals surface area contributed by atoms with Crippen molar-refractivity contribution in [3.8, 4) is 0 Å². The normalized spacial score (nSPS) is 26.1. The van der Waals surface area contributed by atoms with Crippen LogP contribution in [0.2, 0.25) is 0 Å². The van der Waals surface area contributed by atoms with E-state index in [2.05, 4.69) is 40.7 Å². The van der Waals surface area contributed by atoms with Gasteiger partial charge in [0.15, 0.2) is 0 Å². The van der Waals surface area contributed by atoms with Gasteiger partial charge in [-0.25, -0.2) is 0 Å². The van der Waals surface area contributed by atoms with Crippen LogP contribution < -0.4 is 5.73 Å². The highest BCUT2D eigenvalue weighted by molar-refractivity contribution is 9.10. The van der Waals surface area contributed by atoms with Crippen molar-refractivity contribution in [2.24, 2.45) is 5.92 Å². The molecule has 1 fully saturated rings. The maximum absolute atomic E-state index is 5.76. The van der Waals surface area contributed by atoms with Gasteiger partial charge in [0.05, 0.1) is 0 Å². The SMILES string of the molecule is CC1CCN(Cc2ccc(N)cc2Br)C(C)C1. The van der Waals surface area contributed by atoms with Crippen LogP contribution in [0.25, 0.3) is 0 Å². The molecule has 1 aromatic rings. The number of anilines is 1. The lowest BCUT2D eigenvalue weighted by Crippen LogP contribution is -2.39. The van der Waals surface area contributed by atoms with E-state index in [9.17, 15) is 0 Å². The monoisotopic (exact) mass is 296 g/mol. The standard InChI is InChI=1S/C14H21BrN2/c1-10-5-6-17(11(2)7-10)9-12-3-4-13(16)8-14(12)15/h3-4,8,10-11H,5-7,9,16H2,1-2H3. The maximum Gasteiger partial charge on any atom is 0.0325 e. The fourth-order valence-electron chi connectivity index (χ4n) is 2.60. The van der Waals surface area contributed by atoms with Crippen molar-refractivity contribution in [3.05, 3.63) is 28.2 Å². The number of nitrogens with two attached hydrogens (primary N) is 1. The second kappa shape index (κ2) is 5.40. The van der Waals surface area contributed by atoms with Crippen LogP contribution in [0.4, 0.5) is 5.69 Å². The molecule has 2 nitrogen and oxygen atoms in total. The second-order valence-corrected chi connectivity index (χ2v) is 6.15. The van der Waals surface area contributed by atoms with E-state index in [4.69, 9.17) is 5.73 Å². The predicted molar refractivity (Wildman–Crippen MR) is 76.8 cm³/mol. The fourth-order valence-corrected chi connectivity index (χ4v) is 3.12. The minimum Gasteiger partial charge on any atom is -0.399 e. The Morgan fingerprint density at radius 2 is 2.18 bits per heavy atom. The van der Waals surface area contributed by atoms with Crippen LogP contribution in [0.5, 0.6) is 0 Å². The lowest BCUT2D eigenvalue weighted by atomic mass is 9.93. The molecule has 1 heterocycles. The minimum atomic E-state index is 0.684. The lowest BCUT2D eigenvalue weighted by Gasteiger charge is -2.36. The van der Waals surface area contributed by atoms with E-state index >= 15 is 0 Å². The van der Waals surface area contributed by atoms with Crippen molar-refractivity contribution >= 4 is 21.6 Å². The molecule has 3 heteroatoms. The Balaban J connectivity index is 2.05. The largest absolute Gasteiger partial charge is 0.399 e. The summed E-state index contributed by atoms with van der Waals surface area (Å²) in [6.45, 7) is 6.92. The molecule has 1 aromatic carbocycles. The molecule has 1 saturated heterocycles. The molecule has 0 amide bonds. The number of hydrogen-bond acceptors (Lipinski definition) is 2. The molecule has 0 aliphatic carbocycles. The number of nitrogens with zero attached hydrogens (tertiary/aromatic N) is 1. The number of piperidine rings is 1. The summed E-state index contributed by atoms with van der Waals surface area (Å²) in [5, 5.41) is 0. The van der Waals surface area contributed by atoms with E-state index in [1.54, 1.807) is 0 Å². The quantitative estimate of drug-likeness (QED) is 0.844.